The molecule has 0 bridgehead atoms. The summed E-state index contributed by atoms with van der Waals surface area (Å²) >= 11 is 3.33. The van der Waals surface area contributed by atoms with Crippen molar-refractivity contribution >= 4 is 27.8 Å². The molecular formula is C12H17BrN2O3. The number of carbonyl (C=O) groups is 2. The van der Waals surface area contributed by atoms with Gasteiger partial charge in [0.2, 0.25) is 0 Å². The van der Waals surface area contributed by atoms with Crippen molar-refractivity contribution in [1.29, 1.82) is 0 Å². The molecule has 1 aromatic rings. The fourth-order valence-electron chi connectivity index (χ4n) is 1.70. The largest absolute Gasteiger partial charge is 0.480 e. The van der Waals surface area contributed by atoms with Crippen LogP contribution in [0.2, 0.25) is 0 Å². The number of rotatable bonds is 5. The maximum Gasteiger partial charge on any atom is 0.323 e. The second-order valence-corrected chi connectivity index (χ2v) is 5.17. The maximum atomic E-state index is 12.3. The molecular weight excluding hydrogens is 300 g/mol. The minimum Gasteiger partial charge on any atom is -0.480 e. The van der Waals surface area contributed by atoms with Crippen LogP contribution in [0.5, 0.6) is 0 Å². The Morgan fingerprint density at radius 3 is 2.56 bits per heavy atom. The number of nitrogens with zero attached hydrogens (tertiary/aromatic N) is 2. The van der Waals surface area contributed by atoms with Crippen LogP contribution in [0.3, 0.4) is 0 Å². The number of halogens is 1. The van der Waals surface area contributed by atoms with E-state index in [0.29, 0.717) is 12.2 Å². The molecule has 0 fully saturated rings. The summed E-state index contributed by atoms with van der Waals surface area (Å²) < 4.78 is 2.64. The first-order valence-electron chi connectivity index (χ1n) is 5.75. The van der Waals surface area contributed by atoms with Crippen molar-refractivity contribution in [3.63, 3.8) is 0 Å². The molecule has 0 saturated heterocycles. The van der Waals surface area contributed by atoms with Gasteiger partial charge in [-0.3, -0.25) is 9.59 Å². The van der Waals surface area contributed by atoms with Crippen molar-refractivity contribution in [2.24, 2.45) is 0 Å². The van der Waals surface area contributed by atoms with E-state index in [-0.39, 0.29) is 18.5 Å². The van der Waals surface area contributed by atoms with Crippen LogP contribution in [0.1, 0.15) is 37.3 Å². The molecule has 18 heavy (non-hydrogen) atoms. The Morgan fingerprint density at radius 2 is 2.11 bits per heavy atom. The highest BCUT2D eigenvalue weighted by molar-refractivity contribution is 9.10. The summed E-state index contributed by atoms with van der Waals surface area (Å²) in [5, 5.41) is 8.78. The topological polar surface area (TPSA) is 62.5 Å². The van der Waals surface area contributed by atoms with E-state index in [9.17, 15) is 9.59 Å². The summed E-state index contributed by atoms with van der Waals surface area (Å²) in [4.78, 5) is 24.3. The molecule has 1 aromatic heterocycles. The van der Waals surface area contributed by atoms with Crippen LogP contribution < -0.4 is 0 Å². The lowest BCUT2D eigenvalue weighted by Gasteiger charge is -2.20. The lowest BCUT2D eigenvalue weighted by atomic mass is 10.3. The number of aliphatic carboxylic acids is 1. The second kappa shape index (κ2) is 6.04. The van der Waals surface area contributed by atoms with Gasteiger partial charge in [0.25, 0.3) is 5.91 Å². The molecule has 0 radical (unpaired) electrons. The van der Waals surface area contributed by atoms with E-state index in [1.807, 2.05) is 24.6 Å². The first kappa shape index (κ1) is 14.8. The van der Waals surface area contributed by atoms with E-state index in [0.717, 1.165) is 4.47 Å². The zero-order chi connectivity index (χ0) is 13.9. The van der Waals surface area contributed by atoms with Crippen molar-refractivity contribution < 1.29 is 14.7 Å². The van der Waals surface area contributed by atoms with Gasteiger partial charge in [-0.25, -0.2) is 0 Å². The normalized spacial score (nSPS) is 10.7. The lowest BCUT2D eigenvalue weighted by Crippen LogP contribution is -2.36. The molecule has 1 rings (SSSR count). The van der Waals surface area contributed by atoms with Gasteiger partial charge in [-0.2, -0.15) is 0 Å². The van der Waals surface area contributed by atoms with E-state index >= 15 is 0 Å². The zero-order valence-electron chi connectivity index (χ0n) is 10.7. The van der Waals surface area contributed by atoms with Gasteiger partial charge in [0.15, 0.2) is 0 Å². The number of hydrogen-bond donors (Lipinski definition) is 1. The van der Waals surface area contributed by atoms with Gasteiger partial charge in [-0.1, -0.05) is 0 Å². The van der Waals surface area contributed by atoms with E-state index in [1.165, 1.54) is 4.90 Å². The molecule has 1 amide bonds. The Bertz CT molecular complexity index is 454. The molecule has 0 aliphatic rings. The third-order valence-electron chi connectivity index (χ3n) is 2.59. The quantitative estimate of drug-likeness (QED) is 0.907. The highest BCUT2D eigenvalue weighted by atomic mass is 79.9. The van der Waals surface area contributed by atoms with Gasteiger partial charge in [-0.05, 0) is 42.8 Å². The van der Waals surface area contributed by atoms with Crippen molar-refractivity contribution in [1.82, 2.24) is 9.47 Å². The van der Waals surface area contributed by atoms with E-state index in [4.69, 9.17) is 5.11 Å². The molecule has 0 unspecified atom stereocenters. The second-order valence-electron chi connectivity index (χ2n) is 4.26. The summed E-state index contributed by atoms with van der Waals surface area (Å²) in [5.74, 6) is -1.27. The number of carboxylic acid groups (broad SMARTS) is 1. The summed E-state index contributed by atoms with van der Waals surface area (Å²) in [5.41, 5.74) is 0.500. The summed E-state index contributed by atoms with van der Waals surface area (Å²) in [6.45, 7) is 5.79. The molecule has 6 heteroatoms. The Morgan fingerprint density at radius 1 is 1.50 bits per heavy atom. The Hall–Kier alpha value is -1.30. The fourth-order valence-corrected chi connectivity index (χ4v) is 2.13. The van der Waals surface area contributed by atoms with Gasteiger partial charge >= 0.3 is 5.97 Å². The smallest absolute Gasteiger partial charge is 0.323 e. The van der Waals surface area contributed by atoms with Gasteiger partial charge < -0.3 is 14.6 Å². The predicted octanol–water partition coefficient (Wildman–Crippen LogP) is 2.38. The van der Waals surface area contributed by atoms with Gasteiger partial charge in [0, 0.05) is 23.3 Å². The number of carbonyl (C=O) groups excluding carboxylic acids is 1. The van der Waals surface area contributed by atoms with Crippen LogP contribution in [0.15, 0.2) is 16.7 Å². The van der Waals surface area contributed by atoms with Gasteiger partial charge in [0.1, 0.15) is 12.2 Å². The van der Waals surface area contributed by atoms with Crippen LogP contribution in [0.4, 0.5) is 0 Å². The first-order valence-corrected chi connectivity index (χ1v) is 6.54. The number of hydrogen-bond acceptors (Lipinski definition) is 2. The molecule has 0 aliphatic carbocycles. The summed E-state index contributed by atoms with van der Waals surface area (Å²) in [6.07, 6.45) is 1.83. The molecule has 1 heterocycles. The van der Waals surface area contributed by atoms with E-state index < -0.39 is 5.97 Å². The number of likely N-dealkylation sites (N-methyl/N-ethyl adjacent to an activating group) is 1. The van der Waals surface area contributed by atoms with Crippen LogP contribution >= 0.6 is 15.9 Å². The average Bonchev–Trinajstić information content (AvgIpc) is 2.67. The molecule has 0 aliphatic heterocycles. The van der Waals surface area contributed by atoms with Crippen molar-refractivity contribution in [3.8, 4) is 0 Å². The van der Waals surface area contributed by atoms with Crippen molar-refractivity contribution in [2.75, 3.05) is 13.1 Å². The van der Waals surface area contributed by atoms with Crippen LogP contribution in [0, 0.1) is 0 Å². The third-order valence-corrected chi connectivity index (χ3v) is 3.02. The minimum atomic E-state index is -1.01. The molecule has 100 valence electrons. The van der Waals surface area contributed by atoms with Crippen molar-refractivity contribution in [2.45, 2.75) is 26.8 Å². The number of amides is 1. The van der Waals surface area contributed by atoms with Crippen molar-refractivity contribution in [3.05, 3.63) is 22.4 Å². The fraction of sp³-hybridized carbons (Fsp3) is 0.500. The molecule has 0 atom stereocenters. The van der Waals surface area contributed by atoms with Gasteiger partial charge in [-0.15, -0.1) is 0 Å². The Kier molecular flexibility index (Phi) is 4.95. The van der Waals surface area contributed by atoms with Crippen LogP contribution in [-0.2, 0) is 4.79 Å². The van der Waals surface area contributed by atoms with Crippen LogP contribution in [-0.4, -0.2) is 39.5 Å². The summed E-state index contributed by atoms with van der Waals surface area (Å²) in [7, 11) is 0. The van der Waals surface area contributed by atoms with Gasteiger partial charge in [0.05, 0.1) is 0 Å². The third kappa shape index (κ3) is 3.35. The molecule has 0 spiro atoms. The summed E-state index contributed by atoms with van der Waals surface area (Å²) in [6, 6.07) is 1.85. The minimum absolute atomic E-state index is 0.138. The highest BCUT2D eigenvalue weighted by Gasteiger charge is 2.21. The predicted molar refractivity (Wildman–Crippen MR) is 71.7 cm³/mol. The molecule has 0 saturated carbocycles. The molecule has 1 N–H and O–H groups in total. The standard InChI is InChI=1S/C12H17BrN2O3/c1-4-14(7-11(16)17)12(18)10-5-9(13)6-15(10)8(2)3/h5-6,8H,4,7H2,1-3H3,(H,16,17). The number of carboxylic acids is 1. The SMILES string of the molecule is CCN(CC(=O)O)C(=O)c1cc(Br)cn1C(C)C. The first-order chi connectivity index (χ1) is 8.36. The lowest BCUT2D eigenvalue weighted by molar-refractivity contribution is -0.137. The van der Waals surface area contributed by atoms with E-state index in [1.54, 1.807) is 13.0 Å². The zero-order valence-corrected chi connectivity index (χ0v) is 12.3. The Labute approximate surface area is 115 Å². The maximum absolute atomic E-state index is 12.3. The number of aromatic nitrogens is 1. The Balaban J connectivity index is 3.04. The average molecular weight is 317 g/mol. The molecule has 5 nitrogen and oxygen atoms in total. The van der Waals surface area contributed by atoms with E-state index in [2.05, 4.69) is 15.9 Å². The van der Waals surface area contributed by atoms with Crippen LogP contribution in [0.25, 0.3) is 0 Å². The molecule has 0 aromatic carbocycles. The monoisotopic (exact) mass is 316 g/mol. The highest BCUT2D eigenvalue weighted by Crippen LogP contribution is 2.20.